The lowest BCUT2D eigenvalue weighted by atomic mass is 10.1. The predicted molar refractivity (Wildman–Crippen MR) is 64.1 cm³/mol. The number of rotatable bonds is 6. The molecule has 0 aromatic rings. The van der Waals surface area contributed by atoms with Crippen LogP contribution >= 0.6 is 11.8 Å². The Hall–Kier alpha value is -0.220. The van der Waals surface area contributed by atoms with Crippen LogP contribution in [0.5, 0.6) is 0 Å². The monoisotopic (exact) mass is 231 g/mol. The summed E-state index contributed by atoms with van der Waals surface area (Å²) in [6.45, 7) is 5.18. The maximum Gasteiger partial charge on any atom is 0.323 e. The van der Waals surface area contributed by atoms with Gasteiger partial charge < -0.3 is 10.1 Å². The first-order chi connectivity index (χ1) is 7.00. The molecule has 1 aliphatic rings. The lowest BCUT2D eigenvalue weighted by molar-refractivity contribution is -0.143. The van der Waals surface area contributed by atoms with Crippen molar-refractivity contribution in [3.05, 3.63) is 0 Å². The van der Waals surface area contributed by atoms with E-state index in [-0.39, 0.29) is 16.8 Å². The standard InChI is InChI=1S/C11H21NO2S/c1-11(2,15-4)7-12-9(8-5-6-8)10(13)14-3/h8-9,12H,5-7H2,1-4H3. The molecule has 0 aromatic carbocycles. The molecule has 1 aliphatic carbocycles. The fourth-order valence-corrected chi connectivity index (χ4v) is 1.65. The zero-order valence-corrected chi connectivity index (χ0v) is 10.8. The summed E-state index contributed by atoms with van der Waals surface area (Å²) >= 11 is 1.81. The van der Waals surface area contributed by atoms with Gasteiger partial charge in [-0.25, -0.2) is 0 Å². The normalized spacial score (nSPS) is 18.7. The number of carbonyl (C=O) groups excluding carboxylic acids is 1. The third-order valence-electron chi connectivity index (χ3n) is 2.85. The highest BCUT2D eigenvalue weighted by molar-refractivity contribution is 7.99. The second-order valence-corrected chi connectivity index (χ2v) is 6.20. The van der Waals surface area contributed by atoms with Crippen molar-refractivity contribution in [2.45, 2.75) is 37.5 Å². The molecule has 1 saturated carbocycles. The van der Waals surface area contributed by atoms with Crippen LogP contribution in [0, 0.1) is 5.92 Å². The number of carbonyl (C=O) groups is 1. The second-order valence-electron chi connectivity index (χ2n) is 4.68. The summed E-state index contributed by atoms with van der Waals surface area (Å²) in [5, 5.41) is 3.33. The van der Waals surface area contributed by atoms with Gasteiger partial charge in [-0.1, -0.05) is 0 Å². The van der Waals surface area contributed by atoms with Crippen LogP contribution in [0.1, 0.15) is 26.7 Å². The molecule has 88 valence electrons. The predicted octanol–water partition coefficient (Wildman–Crippen LogP) is 1.67. The summed E-state index contributed by atoms with van der Waals surface area (Å²) in [7, 11) is 1.46. The maximum absolute atomic E-state index is 11.5. The third kappa shape index (κ3) is 4.03. The first kappa shape index (κ1) is 12.8. The first-order valence-corrected chi connectivity index (χ1v) is 6.59. The van der Waals surface area contributed by atoms with Crippen molar-refractivity contribution in [3.63, 3.8) is 0 Å². The summed E-state index contributed by atoms with van der Waals surface area (Å²) in [6.07, 6.45) is 4.38. The topological polar surface area (TPSA) is 38.3 Å². The number of hydrogen-bond acceptors (Lipinski definition) is 4. The molecule has 0 bridgehead atoms. The molecule has 1 unspecified atom stereocenters. The summed E-state index contributed by atoms with van der Waals surface area (Å²) in [4.78, 5) is 11.5. The van der Waals surface area contributed by atoms with Gasteiger partial charge in [0.1, 0.15) is 6.04 Å². The molecule has 0 saturated heterocycles. The van der Waals surface area contributed by atoms with Crippen molar-refractivity contribution in [3.8, 4) is 0 Å². The molecule has 0 aromatic heterocycles. The molecule has 15 heavy (non-hydrogen) atoms. The van der Waals surface area contributed by atoms with E-state index >= 15 is 0 Å². The molecular formula is C11H21NO2S. The van der Waals surface area contributed by atoms with Gasteiger partial charge in [0.05, 0.1) is 7.11 Å². The molecule has 4 heteroatoms. The van der Waals surface area contributed by atoms with Gasteiger partial charge in [0.2, 0.25) is 0 Å². The largest absolute Gasteiger partial charge is 0.468 e. The minimum absolute atomic E-state index is 0.0959. The second kappa shape index (κ2) is 5.21. The molecule has 1 atom stereocenters. The van der Waals surface area contributed by atoms with Crippen LogP contribution in [-0.4, -0.2) is 36.7 Å². The average Bonchev–Trinajstić information content (AvgIpc) is 3.01. The molecule has 0 spiro atoms. The van der Waals surface area contributed by atoms with E-state index in [9.17, 15) is 4.79 Å². The molecule has 0 aliphatic heterocycles. The van der Waals surface area contributed by atoms with Crippen molar-refractivity contribution in [2.24, 2.45) is 5.92 Å². The molecule has 1 rings (SSSR count). The molecular weight excluding hydrogens is 210 g/mol. The zero-order chi connectivity index (χ0) is 11.5. The van der Waals surface area contributed by atoms with Gasteiger partial charge in [-0.15, -0.1) is 0 Å². The average molecular weight is 231 g/mol. The SMILES string of the molecule is COC(=O)C(NCC(C)(C)SC)C1CC1. The van der Waals surface area contributed by atoms with E-state index in [1.165, 1.54) is 7.11 Å². The van der Waals surface area contributed by atoms with Gasteiger partial charge in [0.15, 0.2) is 0 Å². The van der Waals surface area contributed by atoms with E-state index in [4.69, 9.17) is 4.74 Å². The van der Waals surface area contributed by atoms with Crippen LogP contribution in [0.15, 0.2) is 0 Å². The Labute approximate surface area is 96.3 Å². The van der Waals surface area contributed by atoms with E-state index in [0.717, 1.165) is 19.4 Å². The van der Waals surface area contributed by atoms with Crippen LogP contribution in [-0.2, 0) is 9.53 Å². The Morgan fingerprint density at radius 2 is 2.20 bits per heavy atom. The van der Waals surface area contributed by atoms with Gasteiger partial charge >= 0.3 is 5.97 Å². The van der Waals surface area contributed by atoms with E-state index in [0.29, 0.717) is 5.92 Å². The number of esters is 1. The molecule has 0 amide bonds. The summed E-state index contributed by atoms with van der Waals surface area (Å²) in [5.41, 5.74) is 0. The molecule has 1 fully saturated rings. The number of hydrogen-bond donors (Lipinski definition) is 1. The Morgan fingerprint density at radius 1 is 1.60 bits per heavy atom. The van der Waals surface area contributed by atoms with Crippen molar-refractivity contribution in [1.82, 2.24) is 5.32 Å². The van der Waals surface area contributed by atoms with Crippen molar-refractivity contribution in [2.75, 3.05) is 19.9 Å². The molecule has 0 heterocycles. The smallest absolute Gasteiger partial charge is 0.323 e. The summed E-state index contributed by atoms with van der Waals surface area (Å²) < 4.78 is 4.97. The van der Waals surface area contributed by atoms with Gasteiger partial charge in [-0.3, -0.25) is 4.79 Å². The fraction of sp³-hybridized carbons (Fsp3) is 0.909. The fourth-order valence-electron chi connectivity index (χ4n) is 1.43. The molecule has 0 radical (unpaired) electrons. The van der Waals surface area contributed by atoms with Crippen LogP contribution in [0.25, 0.3) is 0 Å². The highest BCUT2D eigenvalue weighted by atomic mass is 32.2. The van der Waals surface area contributed by atoms with Gasteiger partial charge in [0.25, 0.3) is 0 Å². The lowest BCUT2D eigenvalue weighted by Gasteiger charge is -2.25. The van der Waals surface area contributed by atoms with E-state index in [2.05, 4.69) is 25.4 Å². The van der Waals surface area contributed by atoms with Crippen LogP contribution in [0.3, 0.4) is 0 Å². The highest BCUT2D eigenvalue weighted by Gasteiger charge is 2.37. The van der Waals surface area contributed by atoms with Crippen LogP contribution < -0.4 is 5.32 Å². The minimum atomic E-state index is -0.116. The quantitative estimate of drug-likeness (QED) is 0.706. The zero-order valence-electron chi connectivity index (χ0n) is 10.0. The highest BCUT2D eigenvalue weighted by Crippen LogP contribution is 2.33. The van der Waals surface area contributed by atoms with Crippen LogP contribution in [0.4, 0.5) is 0 Å². The van der Waals surface area contributed by atoms with Crippen LogP contribution in [0.2, 0.25) is 0 Å². The minimum Gasteiger partial charge on any atom is -0.468 e. The number of nitrogens with one attached hydrogen (secondary N) is 1. The van der Waals surface area contributed by atoms with Gasteiger partial charge in [-0.05, 0) is 38.9 Å². The van der Waals surface area contributed by atoms with Crippen molar-refractivity contribution in [1.29, 1.82) is 0 Å². The first-order valence-electron chi connectivity index (χ1n) is 5.36. The van der Waals surface area contributed by atoms with E-state index < -0.39 is 0 Å². The van der Waals surface area contributed by atoms with Gasteiger partial charge in [0, 0.05) is 11.3 Å². The Morgan fingerprint density at radius 3 is 2.60 bits per heavy atom. The number of ether oxygens (including phenoxy) is 1. The molecule has 3 nitrogen and oxygen atoms in total. The Balaban J connectivity index is 2.41. The van der Waals surface area contributed by atoms with E-state index in [1.807, 2.05) is 0 Å². The third-order valence-corrected chi connectivity index (χ3v) is 4.10. The Kier molecular flexibility index (Phi) is 4.46. The van der Waals surface area contributed by atoms with Crippen molar-refractivity contribution >= 4 is 17.7 Å². The number of methoxy groups -OCH3 is 1. The Bertz CT molecular complexity index is 227. The maximum atomic E-state index is 11.5. The van der Waals surface area contributed by atoms with Crippen molar-refractivity contribution < 1.29 is 9.53 Å². The lowest BCUT2D eigenvalue weighted by Crippen LogP contribution is -2.45. The summed E-state index contributed by atoms with van der Waals surface area (Å²) in [5.74, 6) is 0.379. The molecule has 1 N–H and O–H groups in total. The van der Waals surface area contributed by atoms with E-state index in [1.54, 1.807) is 11.8 Å². The van der Waals surface area contributed by atoms with Gasteiger partial charge in [-0.2, -0.15) is 11.8 Å². The number of thioether (sulfide) groups is 1. The summed E-state index contributed by atoms with van der Waals surface area (Å²) in [6, 6.07) is -0.0959.